The Kier molecular flexibility index (Phi) is 3.83. The molecule has 0 aliphatic carbocycles. The molecular weight excluding hydrogens is 252 g/mol. The summed E-state index contributed by atoms with van der Waals surface area (Å²) in [5.41, 5.74) is 1.16. The highest BCUT2D eigenvalue weighted by molar-refractivity contribution is 5.78. The lowest BCUT2D eigenvalue weighted by Gasteiger charge is -2.19. The van der Waals surface area contributed by atoms with E-state index in [0.717, 1.165) is 24.3 Å². The van der Waals surface area contributed by atoms with Gasteiger partial charge in [-0.05, 0) is 24.1 Å². The summed E-state index contributed by atoms with van der Waals surface area (Å²) in [6.07, 6.45) is 3.21. The molecule has 2 aromatic rings. The van der Waals surface area contributed by atoms with Gasteiger partial charge in [0, 0.05) is 19.0 Å². The predicted molar refractivity (Wildman–Crippen MR) is 76.2 cm³/mol. The average Bonchev–Trinajstić information content (AvgIpc) is 3.12. The summed E-state index contributed by atoms with van der Waals surface area (Å²) >= 11 is 0. The highest BCUT2D eigenvalue weighted by Crippen LogP contribution is 2.22. The number of furan rings is 1. The van der Waals surface area contributed by atoms with E-state index in [2.05, 4.69) is 22.8 Å². The van der Waals surface area contributed by atoms with Crippen LogP contribution in [0.3, 0.4) is 0 Å². The van der Waals surface area contributed by atoms with E-state index in [1.54, 1.807) is 6.26 Å². The number of nitrogens with one attached hydrogen (secondary N) is 2. The number of carbonyl (C=O) groups excluding carboxylic acids is 1. The molecule has 2 heterocycles. The minimum atomic E-state index is 0.0173. The van der Waals surface area contributed by atoms with Crippen LogP contribution in [0, 0.1) is 0 Å². The molecule has 2 unspecified atom stereocenters. The molecule has 3 rings (SSSR count). The van der Waals surface area contributed by atoms with Crippen molar-refractivity contribution in [2.24, 2.45) is 0 Å². The van der Waals surface area contributed by atoms with E-state index in [4.69, 9.17) is 4.42 Å². The Labute approximate surface area is 118 Å². The molecule has 1 aliphatic rings. The Morgan fingerprint density at radius 1 is 1.25 bits per heavy atom. The Hall–Kier alpha value is -2.07. The minimum absolute atomic E-state index is 0.0173. The summed E-state index contributed by atoms with van der Waals surface area (Å²) < 4.78 is 5.54. The van der Waals surface area contributed by atoms with Crippen LogP contribution in [0.1, 0.15) is 30.2 Å². The van der Waals surface area contributed by atoms with Gasteiger partial charge in [-0.3, -0.25) is 4.79 Å². The first-order chi connectivity index (χ1) is 9.83. The molecule has 1 aliphatic heterocycles. The van der Waals surface area contributed by atoms with Crippen molar-refractivity contribution in [3.8, 4) is 0 Å². The van der Waals surface area contributed by atoms with Crippen LogP contribution in [0.25, 0.3) is 0 Å². The lowest BCUT2D eigenvalue weighted by atomic mass is 10.0. The average molecular weight is 270 g/mol. The molecule has 4 heteroatoms. The second-order valence-electron chi connectivity index (χ2n) is 5.07. The van der Waals surface area contributed by atoms with Gasteiger partial charge in [0.05, 0.1) is 12.3 Å². The van der Waals surface area contributed by atoms with Gasteiger partial charge < -0.3 is 15.1 Å². The van der Waals surface area contributed by atoms with Crippen molar-refractivity contribution in [1.29, 1.82) is 0 Å². The number of carbonyl (C=O) groups is 1. The predicted octanol–water partition coefficient (Wildman–Crippen LogP) is 2.24. The molecule has 104 valence electrons. The van der Waals surface area contributed by atoms with Crippen LogP contribution in [0.2, 0.25) is 0 Å². The van der Waals surface area contributed by atoms with E-state index in [1.807, 2.05) is 30.3 Å². The maximum Gasteiger partial charge on any atom is 0.220 e. The van der Waals surface area contributed by atoms with Crippen LogP contribution < -0.4 is 10.6 Å². The quantitative estimate of drug-likeness (QED) is 0.876. The number of hydrogen-bond acceptors (Lipinski definition) is 3. The molecule has 20 heavy (non-hydrogen) atoms. The van der Waals surface area contributed by atoms with Crippen molar-refractivity contribution in [2.45, 2.75) is 24.9 Å². The van der Waals surface area contributed by atoms with Crippen LogP contribution in [-0.4, -0.2) is 18.5 Å². The van der Waals surface area contributed by atoms with E-state index in [9.17, 15) is 4.79 Å². The lowest BCUT2D eigenvalue weighted by molar-refractivity contribution is -0.119. The normalized spacial score (nSPS) is 19.8. The molecular formula is C16H18N2O2. The van der Waals surface area contributed by atoms with Crippen molar-refractivity contribution in [2.75, 3.05) is 6.54 Å². The Morgan fingerprint density at radius 3 is 2.75 bits per heavy atom. The number of hydrogen-bond donors (Lipinski definition) is 2. The second kappa shape index (κ2) is 5.92. The minimum Gasteiger partial charge on any atom is -0.467 e. The topological polar surface area (TPSA) is 54.3 Å². The van der Waals surface area contributed by atoms with Crippen LogP contribution in [0.5, 0.6) is 0 Å². The van der Waals surface area contributed by atoms with Gasteiger partial charge in [-0.25, -0.2) is 0 Å². The van der Waals surface area contributed by atoms with Crippen molar-refractivity contribution in [1.82, 2.24) is 10.6 Å². The monoisotopic (exact) mass is 270 g/mol. The molecule has 2 atom stereocenters. The first kappa shape index (κ1) is 12.9. The lowest BCUT2D eigenvalue weighted by Crippen LogP contribution is -2.37. The maximum atomic E-state index is 11.2. The fourth-order valence-corrected chi connectivity index (χ4v) is 2.57. The SMILES string of the molecule is O=C1CCC(CNC(c2ccccc2)c2ccco2)N1. The van der Waals surface area contributed by atoms with Gasteiger partial charge in [-0.15, -0.1) is 0 Å². The van der Waals surface area contributed by atoms with Crippen molar-refractivity contribution in [3.05, 3.63) is 60.1 Å². The summed E-state index contributed by atoms with van der Waals surface area (Å²) in [5.74, 6) is 1.03. The summed E-state index contributed by atoms with van der Waals surface area (Å²) in [6.45, 7) is 0.742. The van der Waals surface area contributed by atoms with Gasteiger partial charge >= 0.3 is 0 Å². The van der Waals surface area contributed by atoms with E-state index < -0.39 is 0 Å². The smallest absolute Gasteiger partial charge is 0.220 e. The highest BCUT2D eigenvalue weighted by atomic mass is 16.3. The Bertz CT molecular complexity index is 551. The summed E-state index contributed by atoms with van der Waals surface area (Å²) in [6, 6.07) is 14.3. The van der Waals surface area contributed by atoms with Gasteiger partial charge in [-0.2, -0.15) is 0 Å². The van der Waals surface area contributed by atoms with Gasteiger partial charge in [-0.1, -0.05) is 30.3 Å². The first-order valence-electron chi connectivity index (χ1n) is 6.94. The van der Waals surface area contributed by atoms with Crippen molar-refractivity contribution >= 4 is 5.91 Å². The van der Waals surface area contributed by atoms with Gasteiger partial charge in [0.15, 0.2) is 0 Å². The van der Waals surface area contributed by atoms with Crippen LogP contribution in [0.15, 0.2) is 53.1 Å². The van der Waals surface area contributed by atoms with E-state index in [-0.39, 0.29) is 18.0 Å². The van der Waals surface area contributed by atoms with Gasteiger partial charge in [0.25, 0.3) is 0 Å². The standard InChI is InChI=1S/C16H18N2O2/c19-15-9-8-13(18-15)11-17-16(14-7-4-10-20-14)12-5-2-1-3-6-12/h1-7,10,13,16-17H,8-9,11H2,(H,18,19). The molecule has 0 bridgehead atoms. The van der Waals surface area contributed by atoms with E-state index in [0.29, 0.717) is 6.42 Å². The van der Waals surface area contributed by atoms with Crippen LogP contribution in [-0.2, 0) is 4.79 Å². The number of amides is 1. The molecule has 1 saturated heterocycles. The Morgan fingerprint density at radius 2 is 2.10 bits per heavy atom. The summed E-state index contributed by atoms with van der Waals surface area (Å²) in [7, 11) is 0. The molecule has 1 aromatic heterocycles. The molecule has 2 N–H and O–H groups in total. The zero-order valence-corrected chi connectivity index (χ0v) is 11.2. The first-order valence-corrected chi connectivity index (χ1v) is 6.94. The molecule has 0 spiro atoms. The molecule has 0 radical (unpaired) electrons. The van der Waals surface area contributed by atoms with Crippen LogP contribution >= 0.6 is 0 Å². The van der Waals surface area contributed by atoms with Crippen molar-refractivity contribution in [3.63, 3.8) is 0 Å². The van der Waals surface area contributed by atoms with Crippen molar-refractivity contribution < 1.29 is 9.21 Å². The second-order valence-corrected chi connectivity index (χ2v) is 5.07. The van der Waals surface area contributed by atoms with E-state index >= 15 is 0 Å². The summed E-state index contributed by atoms with van der Waals surface area (Å²) in [4.78, 5) is 11.2. The zero-order chi connectivity index (χ0) is 13.8. The highest BCUT2D eigenvalue weighted by Gasteiger charge is 2.23. The Balaban J connectivity index is 1.72. The molecule has 1 fully saturated rings. The fourth-order valence-electron chi connectivity index (χ4n) is 2.57. The van der Waals surface area contributed by atoms with E-state index in [1.165, 1.54) is 0 Å². The molecule has 0 saturated carbocycles. The molecule has 1 aromatic carbocycles. The molecule has 4 nitrogen and oxygen atoms in total. The van der Waals surface area contributed by atoms with Gasteiger partial charge in [0.1, 0.15) is 5.76 Å². The zero-order valence-electron chi connectivity index (χ0n) is 11.2. The number of rotatable bonds is 5. The largest absolute Gasteiger partial charge is 0.467 e. The third-order valence-electron chi connectivity index (χ3n) is 3.61. The fraction of sp³-hybridized carbons (Fsp3) is 0.312. The number of benzene rings is 1. The van der Waals surface area contributed by atoms with Crippen LogP contribution in [0.4, 0.5) is 0 Å². The van der Waals surface area contributed by atoms with Gasteiger partial charge in [0.2, 0.25) is 5.91 Å². The third kappa shape index (κ3) is 2.91. The third-order valence-corrected chi connectivity index (χ3v) is 3.61. The molecule has 1 amide bonds. The maximum absolute atomic E-state index is 11.2. The summed E-state index contributed by atoms with van der Waals surface area (Å²) in [5, 5.41) is 6.47.